The van der Waals surface area contributed by atoms with E-state index in [9.17, 15) is 4.39 Å². The number of hydrogen-bond donors (Lipinski definition) is 1. The second-order valence-electron chi connectivity index (χ2n) is 4.80. The van der Waals surface area contributed by atoms with Crippen LogP contribution in [0, 0.1) is 5.82 Å². The van der Waals surface area contributed by atoms with Crippen LogP contribution >= 0.6 is 0 Å². The Hall–Kier alpha value is -0.930. The third-order valence-electron chi connectivity index (χ3n) is 3.27. The van der Waals surface area contributed by atoms with E-state index in [2.05, 4.69) is 0 Å². The molecule has 3 heteroatoms. The molecule has 1 aromatic carbocycles. The number of ether oxygens (including phenoxy) is 1. The van der Waals surface area contributed by atoms with Crippen LogP contribution in [0.3, 0.4) is 0 Å². The van der Waals surface area contributed by atoms with Crippen molar-refractivity contribution >= 4 is 0 Å². The zero-order valence-corrected chi connectivity index (χ0v) is 9.58. The third kappa shape index (κ3) is 2.25. The van der Waals surface area contributed by atoms with Crippen molar-refractivity contribution in [3.8, 4) is 0 Å². The summed E-state index contributed by atoms with van der Waals surface area (Å²) < 4.78 is 18.5. The zero-order valence-electron chi connectivity index (χ0n) is 9.58. The van der Waals surface area contributed by atoms with Crippen molar-refractivity contribution in [3.63, 3.8) is 0 Å². The van der Waals surface area contributed by atoms with Crippen LogP contribution in [0.5, 0.6) is 0 Å². The summed E-state index contributed by atoms with van der Waals surface area (Å²) in [5, 5.41) is 0. The first-order valence-corrected chi connectivity index (χ1v) is 5.72. The van der Waals surface area contributed by atoms with E-state index >= 15 is 0 Å². The molecule has 2 nitrogen and oxygen atoms in total. The van der Waals surface area contributed by atoms with Gasteiger partial charge in [0.05, 0.1) is 13.2 Å². The highest BCUT2D eigenvalue weighted by Gasteiger charge is 2.40. The van der Waals surface area contributed by atoms with Gasteiger partial charge in [0.25, 0.3) is 0 Å². The molecule has 1 atom stereocenters. The molecule has 0 aromatic heterocycles. The molecule has 0 spiro atoms. The van der Waals surface area contributed by atoms with Crippen LogP contribution < -0.4 is 5.73 Å². The molecule has 1 unspecified atom stereocenters. The van der Waals surface area contributed by atoms with Crippen LogP contribution in [0.4, 0.5) is 4.39 Å². The van der Waals surface area contributed by atoms with Gasteiger partial charge in [-0.25, -0.2) is 4.39 Å². The molecule has 0 bridgehead atoms. The number of hydrogen-bond acceptors (Lipinski definition) is 2. The molecule has 0 aliphatic carbocycles. The topological polar surface area (TPSA) is 35.2 Å². The number of nitrogens with two attached hydrogens (primary N) is 1. The molecule has 0 amide bonds. The summed E-state index contributed by atoms with van der Waals surface area (Å²) in [7, 11) is 0. The molecule has 1 fully saturated rings. The van der Waals surface area contributed by atoms with E-state index in [-0.39, 0.29) is 17.3 Å². The van der Waals surface area contributed by atoms with Gasteiger partial charge in [-0.05, 0) is 37.5 Å². The summed E-state index contributed by atoms with van der Waals surface area (Å²) in [5.74, 6) is -0.176. The lowest BCUT2D eigenvalue weighted by molar-refractivity contribution is -0.0657. The lowest BCUT2D eigenvalue weighted by Gasteiger charge is -2.42. The average molecular weight is 223 g/mol. The summed E-state index contributed by atoms with van der Waals surface area (Å²) >= 11 is 0. The van der Waals surface area contributed by atoms with E-state index in [4.69, 9.17) is 10.5 Å². The Kier molecular flexibility index (Phi) is 3.26. The first-order valence-electron chi connectivity index (χ1n) is 5.72. The fourth-order valence-corrected chi connectivity index (χ4v) is 2.13. The Morgan fingerprint density at radius 3 is 2.75 bits per heavy atom. The van der Waals surface area contributed by atoms with Crippen molar-refractivity contribution < 1.29 is 9.13 Å². The predicted octanol–water partition coefficient (Wildman–Crippen LogP) is 2.22. The van der Waals surface area contributed by atoms with Crippen molar-refractivity contribution in [1.29, 1.82) is 0 Å². The highest BCUT2D eigenvalue weighted by Crippen LogP contribution is 2.37. The van der Waals surface area contributed by atoms with Gasteiger partial charge in [0.2, 0.25) is 0 Å². The normalized spacial score (nSPS) is 20.2. The second-order valence-corrected chi connectivity index (χ2v) is 4.80. The third-order valence-corrected chi connectivity index (χ3v) is 3.27. The standard InChI is InChI=1S/C13H18FNO/c1-10(15)5-6-13(8-16-9-13)11-3-2-4-12(14)7-11/h2-4,7,10H,5-6,8-9,15H2,1H3. The monoisotopic (exact) mass is 223 g/mol. The van der Waals surface area contributed by atoms with Crippen LogP contribution in [0.1, 0.15) is 25.3 Å². The Bertz CT molecular complexity index is 361. The van der Waals surface area contributed by atoms with Crippen LogP contribution in [-0.2, 0) is 10.2 Å². The number of halogens is 1. The minimum atomic E-state index is -0.176. The summed E-state index contributed by atoms with van der Waals surface area (Å²) in [6, 6.07) is 7.01. The molecule has 1 aliphatic rings. The molecule has 16 heavy (non-hydrogen) atoms. The summed E-state index contributed by atoms with van der Waals surface area (Å²) in [6.07, 6.45) is 1.91. The molecular weight excluding hydrogens is 205 g/mol. The molecular formula is C13H18FNO. The Labute approximate surface area is 95.6 Å². The minimum Gasteiger partial charge on any atom is -0.379 e. The highest BCUT2D eigenvalue weighted by atomic mass is 19.1. The lowest BCUT2D eigenvalue weighted by atomic mass is 9.74. The SMILES string of the molecule is CC(N)CCC1(c2cccc(F)c2)COC1. The van der Waals surface area contributed by atoms with Gasteiger partial charge in [-0.1, -0.05) is 12.1 Å². The van der Waals surface area contributed by atoms with E-state index in [1.807, 2.05) is 13.0 Å². The van der Waals surface area contributed by atoms with Gasteiger partial charge in [0.15, 0.2) is 0 Å². The van der Waals surface area contributed by atoms with E-state index < -0.39 is 0 Å². The maximum atomic E-state index is 13.2. The first kappa shape index (κ1) is 11.6. The molecule has 1 heterocycles. The molecule has 2 N–H and O–H groups in total. The fraction of sp³-hybridized carbons (Fsp3) is 0.538. The van der Waals surface area contributed by atoms with Gasteiger partial charge < -0.3 is 10.5 Å². The zero-order chi connectivity index (χ0) is 11.6. The van der Waals surface area contributed by atoms with E-state index in [0.717, 1.165) is 18.4 Å². The fourth-order valence-electron chi connectivity index (χ4n) is 2.13. The Morgan fingerprint density at radius 1 is 1.50 bits per heavy atom. The van der Waals surface area contributed by atoms with E-state index in [1.165, 1.54) is 6.07 Å². The average Bonchev–Trinajstić information content (AvgIpc) is 2.15. The van der Waals surface area contributed by atoms with E-state index in [0.29, 0.717) is 13.2 Å². The first-order chi connectivity index (χ1) is 7.62. The largest absolute Gasteiger partial charge is 0.379 e. The molecule has 1 saturated heterocycles. The molecule has 2 rings (SSSR count). The van der Waals surface area contributed by atoms with Gasteiger partial charge >= 0.3 is 0 Å². The molecule has 0 saturated carbocycles. The summed E-state index contributed by atoms with van der Waals surface area (Å²) in [5.41, 5.74) is 6.81. The van der Waals surface area contributed by atoms with Gasteiger partial charge in [-0.2, -0.15) is 0 Å². The van der Waals surface area contributed by atoms with Crippen molar-refractivity contribution in [2.24, 2.45) is 5.73 Å². The number of benzene rings is 1. The van der Waals surface area contributed by atoms with Crippen LogP contribution in [-0.4, -0.2) is 19.3 Å². The van der Waals surface area contributed by atoms with Crippen molar-refractivity contribution in [1.82, 2.24) is 0 Å². The quantitative estimate of drug-likeness (QED) is 0.849. The second kappa shape index (κ2) is 4.52. The number of rotatable bonds is 4. The highest BCUT2D eigenvalue weighted by molar-refractivity contribution is 5.28. The van der Waals surface area contributed by atoms with Crippen LogP contribution in [0.25, 0.3) is 0 Å². The Morgan fingerprint density at radius 2 is 2.25 bits per heavy atom. The van der Waals surface area contributed by atoms with Crippen molar-refractivity contribution in [3.05, 3.63) is 35.6 Å². The molecule has 88 valence electrons. The smallest absolute Gasteiger partial charge is 0.123 e. The predicted molar refractivity (Wildman–Crippen MR) is 61.8 cm³/mol. The van der Waals surface area contributed by atoms with Crippen molar-refractivity contribution in [2.45, 2.75) is 31.2 Å². The van der Waals surface area contributed by atoms with Gasteiger partial charge in [0, 0.05) is 11.5 Å². The van der Waals surface area contributed by atoms with Crippen molar-refractivity contribution in [2.75, 3.05) is 13.2 Å². The Balaban J connectivity index is 2.14. The maximum Gasteiger partial charge on any atom is 0.123 e. The van der Waals surface area contributed by atoms with Crippen LogP contribution in [0.2, 0.25) is 0 Å². The van der Waals surface area contributed by atoms with Gasteiger partial charge in [0.1, 0.15) is 5.82 Å². The minimum absolute atomic E-state index is 0.00424. The molecule has 1 aliphatic heterocycles. The van der Waals surface area contributed by atoms with Gasteiger partial charge in [-0.15, -0.1) is 0 Å². The van der Waals surface area contributed by atoms with Crippen LogP contribution in [0.15, 0.2) is 24.3 Å². The maximum absolute atomic E-state index is 13.2. The van der Waals surface area contributed by atoms with E-state index in [1.54, 1.807) is 12.1 Å². The van der Waals surface area contributed by atoms with Gasteiger partial charge in [-0.3, -0.25) is 0 Å². The molecule has 1 aromatic rings. The lowest BCUT2D eigenvalue weighted by Crippen LogP contribution is -2.47. The summed E-state index contributed by atoms with van der Waals surface area (Å²) in [4.78, 5) is 0. The molecule has 0 radical (unpaired) electrons. The summed E-state index contributed by atoms with van der Waals surface area (Å²) in [6.45, 7) is 3.37.